The molecule has 0 bridgehead atoms. The Morgan fingerprint density at radius 2 is 1.63 bits per heavy atom. The Balaban J connectivity index is 2.36. The molecule has 1 unspecified atom stereocenters. The second-order valence-electron chi connectivity index (χ2n) is 5.54. The molecule has 0 saturated heterocycles. The summed E-state index contributed by atoms with van der Waals surface area (Å²) in [6, 6.07) is 9.19. The van der Waals surface area contributed by atoms with E-state index < -0.39 is 11.2 Å². The molecule has 0 aliphatic heterocycles. The minimum Gasteiger partial charge on any atom is -0.607 e. The fourth-order valence-electron chi connectivity index (χ4n) is 2.28. The topological polar surface area (TPSA) is 99.1 Å². The summed E-state index contributed by atoms with van der Waals surface area (Å²) >= 11 is -1.64. The van der Waals surface area contributed by atoms with Crippen molar-refractivity contribution in [3.63, 3.8) is 0 Å². The molecule has 0 aliphatic rings. The van der Waals surface area contributed by atoms with E-state index in [1.165, 1.54) is 50.8 Å². The zero-order valence-electron chi connectivity index (χ0n) is 15.1. The third-order valence-electron chi connectivity index (χ3n) is 3.60. The predicted molar refractivity (Wildman–Crippen MR) is 105 cm³/mol. The van der Waals surface area contributed by atoms with Crippen LogP contribution in [0.3, 0.4) is 0 Å². The standard InChI is InChI=1S/C20H20O6S/c1-13(21)10-20(15-5-7-17(23)19(12-15)26-3)27(24)9-8-14-4-6-16(22)18(11-14)25-2/h4-12,22-23H,1-3H3/b9-8?,20-10+. The number of rotatable bonds is 7. The number of carbonyl (C=O) groups excluding carboxylic acids is 1. The van der Waals surface area contributed by atoms with Gasteiger partial charge in [0.2, 0.25) is 0 Å². The highest BCUT2D eigenvalue weighted by Crippen LogP contribution is 2.32. The Morgan fingerprint density at radius 3 is 2.22 bits per heavy atom. The molecule has 2 aromatic carbocycles. The summed E-state index contributed by atoms with van der Waals surface area (Å²) in [6.07, 6.45) is 2.88. The van der Waals surface area contributed by atoms with Gasteiger partial charge in [0.25, 0.3) is 0 Å². The van der Waals surface area contributed by atoms with E-state index in [0.29, 0.717) is 16.9 Å². The molecule has 0 spiro atoms. The molecule has 2 rings (SSSR count). The van der Waals surface area contributed by atoms with Gasteiger partial charge in [0.05, 0.1) is 14.2 Å². The molecular formula is C20H20O6S. The molecule has 0 heterocycles. The summed E-state index contributed by atoms with van der Waals surface area (Å²) in [6.45, 7) is 1.36. The zero-order valence-corrected chi connectivity index (χ0v) is 15.9. The fourth-order valence-corrected chi connectivity index (χ4v) is 3.35. The molecule has 0 aromatic heterocycles. The van der Waals surface area contributed by atoms with Crippen molar-refractivity contribution in [3.8, 4) is 23.0 Å². The number of hydrogen-bond donors (Lipinski definition) is 2. The van der Waals surface area contributed by atoms with Crippen LogP contribution in [0.5, 0.6) is 23.0 Å². The van der Waals surface area contributed by atoms with Gasteiger partial charge in [-0.05, 0) is 48.9 Å². The Hall–Kier alpha value is -2.90. The van der Waals surface area contributed by atoms with E-state index >= 15 is 0 Å². The van der Waals surface area contributed by atoms with Crippen molar-refractivity contribution < 1.29 is 29.0 Å². The van der Waals surface area contributed by atoms with E-state index in [-0.39, 0.29) is 27.9 Å². The van der Waals surface area contributed by atoms with Gasteiger partial charge in [0.15, 0.2) is 33.7 Å². The molecule has 142 valence electrons. The quantitative estimate of drug-likeness (QED) is 0.557. The Morgan fingerprint density at radius 1 is 1.04 bits per heavy atom. The lowest BCUT2D eigenvalue weighted by Gasteiger charge is -2.12. The zero-order chi connectivity index (χ0) is 20.0. The van der Waals surface area contributed by atoms with Crippen LogP contribution in [-0.4, -0.2) is 34.8 Å². The maximum atomic E-state index is 12.8. The van der Waals surface area contributed by atoms with E-state index in [1.54, 1.807) is 24.3 Å². The first-order valence-electron chi connectivity index (χ1n) is 7.91. The van der Waals surface area contributed by atoms with Gasteiger partial charge in [-0.25, -0.2) is 0 Å². The van der Waals surface area contributed by atoms with E-state index in [9.17, 15) is 19.6 Å². The molecule has 0 saturated carbocycles. The average Bonchev–Trinajstić information content (AvgIpc) is 2.65. The highest BCUT2D eigenvalue weighted by molar-refractivity contribution is 8.03. The highest BCUT2D eigenvalue weighted by atomic mass is 32.2. The molecular weight excluding hydrogens is 368 g/mol. The van der Waals surface area contributed by atoms with E-state index in [0.717, 1.165) is 0 Å². The maximum Gasteiger partial charge on any atom is 0.168 e. The molecule has 0 fully saturated rings. The lowest BCUT2D eigenvalue weighted by Crippen LogP contribution is -2.02. The number of phenols is 2. The lowest BCUT2D eigenvalue weighted by molar-refractivity contribution is -0.112. The Kier molecular flexibility index (Phi) is 6.92. The number of hydrogen-bond acceptors (Lipinski definition) is 6. The second kappa shape index (κ2) is 9.16. The molecule has 27 heavy (non-hydrogen) atoms. The molecule has 1 atom stereocenters. The minimum atomic E-state index is -1.64. The highest BCUT2D eigenvalue weighted by Gasteiger charge is 2.18. The maximum absolute atomic E-state index is 12.8. The smallest absolute Gasteiger partial charge is 0.168 e. The van der Waals surface area contributed by atoms with Crippen LogP contribution in [0.25, 0.3) is 11.0 Å². The molecule has 0 amide bonds. The monoisotopic (exact) mass is 388 g/mol. The number of ketones is 1. The number of phenolic OH excluding ortho intramolecular Hbond substituents is 2. The van der Waals surface area contributed by atoms with Crippen LogP contribution in [0.4, 0.5) is 0 Å². The third-order valence-corrected chi connectivity index (χ3v) is 4.77. The Labute approximate surface area is 160 Å². The van der Waals surface area contributed by atoms with Crippen LogP contribution in [0.2, 0.25) is 0 Å². The van der Waals surface area contributed by atoms with Crippen molar-refractivity contribution in [2.45, 2.75) is 6.92 Å². The number of allylic oxidation sites excluding steroid dienone is 1. The van der Waals surface area contributed by atoms with E-state index in [4.69, 9.17) is 9.47 Å². The average molecular weight is 388 g/mol. The first kappa shape index (κ1) is 20.4. The first-order valence-corrected chi connectivity index (χ1v) is 9.12. The van der Waals surface area contributed by atoms with Crippen LogP contribution in [-0.2, 0) is 16.0 Å². The number of methoxy groups -OCH3 is 2. The summed E-state index contributed by atoms with van der Waals surface area (Å²) in [5.41, 5.74) is 1.16. The lowest BCUT2D eigenvalue weighted by atomic mass is 10.1. The van der Waals surface area contributed by atoms with Gasteiger partial charge >= 0.3 is 0 Å². The van der Waals surface area contributed by atoms with Crippen molar-refractivity contribution in [2.75, 3.05) is 14.2 Å². The number of carbonyl (C=O) groups is 1. The van der Waals surface area contributed by atoms with Crippen molar-refractivity contribution in [2.24, 2.45) is 0 Å². The summed E-state index contributed by atoms with van der Waals surface area (Å²) in [7, 11) is 2.84. The van der Waals surface area contributed by atoms with Crippen molar-refractivity contribution in [3.05, 3.63) is 59.0 Å². The van der Waals surface area contributed by atoms with Gasteiger partial charge in [-0.1, -0.05) is 6.07 Å². The van der Waals surface area contributed by atoms with Crippen molar-refractivity contribution >= 4 is 27.9 Å². The van der Waals surface area contributed by atoms with Crippen LogP contribution < -0.4 is 9.47 Å². The van der Waals surface area contributed by atoms with Crippen LogP contribution >= 0.6 is 0 Å². The fraction of sp³-hybridized carbons (Fsp3) is 0.150. The largest absolute Gasteiger partial charge is 0.607 e. The Bertz CT molecular complexity index is 888. The molecule has 2 aromatic rings. The third kappa shape index (κ3) is 5.29. The van der Waals surface area contributed by atoms with Gasteiger partial charge in [-0.15, -0.1) is 0 Å². The number of aromatic hydroxyl groups is 2. The van der Waals surface area contributed by atoms with E-state index in [2.05, 4.69) is 0 Å². The van der Waals surface area contributed by atoms with Gasteiger partial charge in [-0.3, -0.25) is 4.79 Å². The summed E-state index contributed by atoms with van der Waals surface area (Å²) in [5.74, 6) is 0.201. The summed E-state index contributed by atoms with van der Waals surface area (Å²) in [5, 5.41) is 20.8. The normalized spacial score (nSPS) is 12.8. The van der Waals surface area contributed by atoms with E-state index in [1.807, 2.05) is 0 Å². The number of benzene rings is 2. The van der Waals surface area contributed by atoms with Crippen LogP contribution in [0.15, 0.2) is 47.9 Å². The van der Waals surface area contributed by atoms with Crippen LogP contribution in [0.1, 0.15) is 18.1 Å². The predicted octanol–water partition coefficient (Wildman–Crippen LogP) is 3.46. The SMILES string of the molecule is COc1cc(C=C[S+]([O-])/C(=C/C(C)=O)c2ccc(O)c(OC)c2)ccc1O. The second-order valence-corrected chi connectivity index (χ2v) is 6.84. The molecule has 7 heteroatoms. The number of ether oxygens (including phenoxy) is 2. The van der Waals surface area contributed by atoms with Gasteiger partial charge in [-0.2, -0.15) is 0 Å². The summed E-state index contributed by atoms with van der Waals surface area (Å²) < 4.78 is 22.9. The molecule has 0 radical (unpaired) electrons. The van der Waals surface area contributed by atoms with Crippen molar-refractivity contribution in [1.82, 2.24) is 0 Å². The summed E-state index contributed by atoms with van der Waals surface area (Å²) in [4.78, 5) is 11.9. The van der Waals surface area contributed by atoms with Gasteiger partial charge in [0, 0.05) is 22.8 Å². The molecule has 2 N–H and O–H groups in total. The van der Waals surface area contributed by atoms with Crippen molar-refractivity contribution in [1.29, 1.82) is 0 Å². The molecule has 0 aliphatic carbocycles. The van der Waals surface area contributed by atoms with Crippen LogP contribution in [0, 0.1) is 0 Å². The molecule has 6 nitrogen and oxygen atoms in total. The minimum absolute atomic E-state index is 0.00382. The first-order chi connectivity index (χ1) is 12.8. The van der Waals surface area contributed by atoms with Gasteiger partial charge in [0.1, 0.15) is 5.41 Å². The van der Waals surface area contributed by atoms with Gasteiger partial charge < -0.3 is 24.2 Å².